The van der Waals surface area contributed by atoms with Crippen molar-refractivity contribution in [2.45, 2.75) is 32.5 Å². The van der Waals surface area contributed by atoms with Crippen LogP contribution in [-0.4, -0.2) is 19.3 Å². The van der Waals surface area contributed by atoms with Crippen LogP contribution in [0.2, 0.25) is 0 Å². The smallest absolute Gasteiger partial charge is 0.493 e. The van der Waals surface area contributed by atoms with Gasteiger partial charge in [0.25, 0.3) is 0 Å². The van der Waals surface area contributed by atoms with Gasteiger partial charge in [-0.05, 0) is 67.1 Å². The molecule has 0 atom stereocenters. The van der Waals surface area contributed by atoms with E-state index in [1.807, 2.05) is 0 Å². The van der Waals surface area contributed by atoms with E-state index < -0.39 is 6.36 Å². The van der Waals surface area contributed by atoms with E-state index in [1.165, 1.54) is 35.4 Å². The van der Waals surface area contributed by atoms with Crippen LogP contribution in [0.1, 0.15) is 34.3 Å². The number of aryl methyl sites for hydroxylation is 2. The normalized spacial score (nSPS) is 11.2. The summed E-state index contributed by atoms with van der Waals surface area (Å²) in [6.45, 7) is 2.56. The molecule has 0 saturated carbocycles. The van der Waals surface area contributed by atoms with Crippen LogP contribution in [0.25, 0.3) is 11.1 Å². The number of hydrogen-bond acceptors (Lipinski definition) is 3. The molecule has 3 aromatic carbocycles. The molecule has 0 heterocycles. The molecule has 0 amide bonds. The highest BCUT2D eigenvalue weighted by Gasteiger charge is 2.30. The average Bonchev–Trinajstić information content (AvgIpc) is 2.74. The minimum Gasteiger partial charge on any atom is -0.493 e. The van der Waals surface area contributed by atoms with Crippen LogP contribution in [0.4, 0.5) is 13.2 Å². The van der Waals surface area contributed by atoms with Gasteiger partial charge in [-0.2, -0.15) is 0 Å². The quantitative estimate of drug-likeness (QED) is 0.279. The van der Waals surface area contributed by atoms with Crippen molar-refractivity contribution in [1.29, 1.82) is 0 Å². The first kappa shape index (κ1) is 22.4. The van der Waals surface area contributed by atoms with Crippen molar-refractivity contribution in [3.8, 4) is 22.6 Å². The lowest BCUT2D eigenvalue weighted by Gasteiger charge is -2.12. The fraction of sp³-hybridized carbons (Fsp3) is 0.240. The zero-order chi connectivity index (χ0) is 22.3. The summed E-state index contributed by atoms with van der Waals surface area (Å²) >= 11 is 0. The van der Waals surface area contributed by atoms with Crippen molar-refractivity contribution >= 4 is 6.29 Å². The zero-order valence-corrected chi connectivity index (χ0v) is 17.1. The van der Waals surface area contributed by atoms with Crippen molar-refractivity contribution in [1.82, 2.24) is 0 Å². The summed E-state index contributed by atoms with van der Waals surface area (Å²) in [7, 11) is 0. The summed E-state index contributed by atoms with van der Waals surface area (Å²) in [4.78, 5) is 11.5. The number of alkyl halides is 3. The molecule has 0 bridgehead atoms. The molecule has 0 spiro atoms. The fourth-order valence-corrected chi connectivity index (χ4v) is 3.17. The van der Waals surface area contributed by atoms with E-state index >= 15 is 0 Å². The molecule has 3 nitrogen and oxygen atoms in total. The van der Waals surface area contributed by atoms with Crippen LogP contribution >= 0.6 is 0 Å². The van der Waals surface area contributed by atoms with E-state index in [0.29, 0.717) is 35.3 Å². The van der Waals surface area contributed by atoms with Gasteiger partial charge in [0.1, 0.15) is 11.5 Å². The number of aldehydes is 1. The molecule has 0 saturated heterocycles. The minimum atomic E-state index is -4.73. The highest BCUT2D eigenvalue weighted by atomic mass is 19.4. The van der Waals surface area contributed by atoms with Gasteiger partial charge >= 0.3 is 6.36 Å². The third-order valence-corrected chi connectivity index (χ3v) is 4.80. The van der Waals surface area contributed by atoms with E-state index in [0.717, 1.165) is 19.3 Å². The number of halogens is 3. The van der Waals surface area contributed by atoms with Gasteiger partial charge < -0.3 is 9.47 Å². The maximum atomic E-state index is 12.3. The highest BCUT2D eigenvalue weighted by Crippen LogP contribution is 2.29. The molecule has 3 aromatic rings. The summed E-state index contributed by atoms with van der Waals surface area (Å²) in [6, 6.07) is 19.1. The van der Waals surface area contributed by atoms with Crippen LogP contribution < -0.4 is 9.47 Å². The number of carbonyl (C=O) groups is 1. The van der Waals surface area contributed by atoms with Crippen molar-refractivity contribution in [2.24, 2.45) is 0 Å². The molecular formula is C25H23F3O3. The Morgan fingerprint density at radius 3 is 2.19 bits per heavy atom. The van der Waals surface area contributed by atoms with Gasteiger partial charge in [-0.15, -0.1) is 13.2 Å². The maximum Gasteiger partial charge on any atom is 0.573 e. The van der Waals surface area contributed by atoms with Gasteiger partial charge in [0.15, 0.2) is 6.29 Å². The lowest BCUT2D eigenvalue weighted by Crippen LogP contribution is -2.16. The Hall–Kier alpha value is -3.28. The number of rotatable bonds is 9. The predicted octanol–water partition coefficient (Wildman–Crippen LogP) is 6.77. The second-order valence-corrected chi connectivity index (χ2v) is 7.23. The van der Waals surface area contributed by atoms with Crippen LogP contribution in [0.15, 0.2) is 66.7 Å². The first-order valence-corrected chi connectivity index (χ1v) is 9.98. The van der Waals surface area contributed by atoms with Gasteiger partial charge in [0.05, 0.1) is 12.2 Å². The Morgan fingerprint density at radius 2 is 1.55 bits per heavy atom. The molecule has 0 aromatic heterocycles. The van der Waals surface area contributed by atoms with E-state index in [2.05, 4.69) is 35.9 Å². The molecule has 0 unspecified atom stereocenters. The number of carbonyl (C=O) groups excluding carboxylic acids is 1. The van der Waals surface area contributed by atoms with Crippen LogP contribution in [-0.2, 0) is 6.42 Å². The molecule has 0 N–H and O–H groups in total. The monoisotopic (exact) mass is 428 g/mol. The molecule has 0 aliphatic heterocycles. The van der Waals surface area contributed by atoms with Crippen LogP contribution in [0.3, 0.4) is 0 Å². The Balaban J connectivity index is 1.55. The van der Waals surface area contributed by atoms with Crippen molar-refractivity contribution < 1.29 is 27.4 Å². The summed E-state index contributed by atoms with van der Waals surface area (Å²) in [5, 5.41) is 0. The Kier molecular flexibility index (Phi) is 7.34. The third kappa shape index (κ3) is 6.88. The van der Waals surface area contributed by atoms with E-state index in [9.17, 15) is 18.0 Å². The molecule has 0 aliphatic rings. The average molecular weight is 428 g/mol. The standard InChI is InChI=1S/C25H23F3O3/c1-18-5-7-19(8-6-18)4-2-3-15-30-24-14-11-21(16-22(24)17-29)20-9-12-23(13-10-20)31-25(26,27)28/h5-14,16-17H,2-4,15H2,1H3. The van der Waals surface area contributed by atoms with Crippen molar-refractivity contribution in [3.63, 3.8) is 0 Å². The van der Waals surface area contributed by atoms with Gasteiger partial charge in [0.2, 0.25) is 0 Å². The lowest BCUT2D eigenvalue weighted by molar-refractivity contribution is -0.274. The van der Waals surface area contributed by atoms with Gasteiger partial charge in [-0.3, -0.25) is 4.79 Å². The SMILES string of the molecule is Cc1ccc(CCCCOc2ccc(-c3ccc(OC(F)(F)F)cc3)cc2C=O)cc1. The Labute approximate surface area is 179 Å². The third-order valence-electron chi connectivity index (χ3n) is 4.80. The number of ether oxygens (including phenoxy) is 2. The second kappa shape index (κ2) is 10.2. The fourth-order valence-electron chi connectivity index (χ4n) is 3.17. The maximum absolute atomic E-state index is 12.3. The molecule has 162 valence electrons. The summed E-state index contributed by atoms with van der Waals surface area (Å²) in [5.74, 6) is 0.198. The van der Waals surface area contributed by atoms with Crippen LogP contribution in [0.5, 0.6) is 11.5 Å². The molecule has 0 fully saturated rings. The summed E-state index contributed by atoms with van der Waals surface area (Å²) in [5.41, 5.74) is 4.29. The van der Waals surface area contributed by atoms with E-state index in [4.69, 9.17) is 4.74 Å². The summed E-state index contributed by atoms with van der Waals surface area (Å²) < 4.78 is 46.5. The largest absolute Gasteiger partial charge is 0.573 e. The number of hydrogen-bond donors (Lipinski definition) is 0. The first-order valence-electron chi connectivity index (χ1n) is 9.98. The Morgan fingerprint density at radius 1 is 0.871 bits per heavy atom. The zero-order valence-electron chi connectivity index (χ0n) is 17.1. The molecule has 31 heavy (non-hydrogen) atoms. The molecule has 0 aliphatic carbocycles. The highest BCUT2D eigenvalue weighted by molar-refractivity contribution is 5.83. The van der Waals surface area contributed by atoms with E-state index in [-0.39, 0.29) is 5.75 Å². The van der Waals surface area contributed by atoms with Gasteiger partial charge in [0, 0.05) is 0 Å². The number of unbranched alkanes of at least 4 members (excludes halogenated alkanes) is 1. The topological polar surface area (TPSA) is 35.5 Å². The number of benzene rings is 3. The molecule has 0 radical (unpaired) electrons. The van der Waals surface area contributed by atoms with Gasteiger partial charge in [-0.25, -0.2) is 0 Å². The Bertz CT molecular complexity index is 994. The first-order chi connectivity index (χ1) is 14.8. The lowest BCUT2D eigenvalue weighted by atomic mass is 10.0. The summed E-state index contributed by atoms with van der Waals surface area (Å²) in [6.07, 6.45) is -1.22. The molecular weight excluding hydrogens is 405 g/mol. The van der Waals surface area contributed by atoms with Crippen molar-refractivity contribution in [3.05, 3.63) is 83.4 Å². The van der Waals surface area contributed by atoms with E-state index in [1.54, 1.807) is 18.2 Å². The minimum absolute atomic E-state index is 0.294. The van der Waals surface area contributed by atoms with Crippen molar-refractivity contribution in [2.75, 3.05) is 6.61 Å². The second-order valence-electron chi connectivity index (χ2n) is 7.23. The van der Waals surface area contributed by atoms with Gasteiger partial charge in [-0.1, -0.05) is 48.0 Å². The molecule has 6 heteroatoms. The molecule has 3 rings (SSSR count). The van der Waals surface area contributed by atoms with Crippen LogP contribution in [0, 0.1) is 6.92 Å². The predicted molar refractivity (Wildman–Crippen MR) is 114 cm³/mol.